The lowest BCUT2D eigenvalue weighted by Crippen LogP contribution is -2.48. The quantitative estimate of drug-likeness (QED) is 0.337. The molecule has 0 bridgehead atoms. The minimum absolute atomic E-state index is 0.141. The van der Waals surface area contributed by atoms with Gasteiger partial charge in [-0.25, -0.2) is 5.43 Å². The van der Waals surface area contributed by atoms with Crippen molar-refractivity contribution in [1.29, 1.82) is 0 Å². The molecule has 3 aromatic carbocycles. The van der Waals surface area contributed by atoms with Crippen LogP contribution >= 0.6 is 11.6 Å². The van der Waals surface area contributed by atoms with Gasteiger partial charge in [-0.2, -0.15) is 5.10 Å². The van der Waals surface area contributed by atoms with Crippen LogP contribution in [0, 0.1) is 5.92 Å². The van der Waals surface area contributed by atoms with E-state index in [0.717, 1.165) is 22.8 Å². The molecule has 0 spiro atoms. The Morgan fingerprint density at radius 2 is 1.79 bits per heavy atom. The van der Waals surface area contributed by atoms with E-state index in [4.69, 9.17) is 16.3 Å². The Labute approximate surface area is 199 Å². The zero-order chi connectivity index (χ0) is 23.8. The zero-order valence-electron chi connectivity index (χ0n) is 19.0. The Morgan fingerprint density at radius 1 is 1.06 bits per heavy atom. The first-order chi connectivity index (χ1) is 15.9. The molecule has 6 nitrogen and oxygen atoms in total. The van der Waals surface area contributed by atoms with Crippen LogP contribution in [0.15, 0.2) is 65.8 Å². The highest BCUT2D eigenvalue weighted by atomic mass is 35.5. The summed E-state index contributed by atoms with van der Waals surface area (Å²) in [5.74, 6) is -0.198. The predicted molar refractivity (Wildman–Crippen MR) is 133 cm³/mol. The summed E-state index contributed by atoms with van der Waals surface area (Å²) in [5.41, 5.74) is 3.78. The second-order valence-corrected chi connectivity index (χ2v) is 8.42. The first-order valence-electron chi connectivity index (χ1n) is 10.9. The normalized spacial score (nSPS) is 12.2. The number of benzene rings is 3. The van der Waals surface area contributed by atoms with E-state index in [0.29, 0.717) is 22.9 Å². The van der Waals surface area contributed by atoms with E-state index in [2.05, 4.69) is 15.8 Å². The van der Waals surface area contributed by atoms with E-state index < -0.39 is 11.9 Å². The van der Waals surface area contributed by atoms with Gasteiger partial charge in [0.2, 0.25) is 0 Å². The fraction of sp³-hybridized carbons (Fsp3) is 0.269. The monoisotopic (exact) mass is 465 g/mol. The van der Waals surface area contributed by atoms with Gasteiger partial charge in [-0.15, -0.1) is 0 Å². The molecule has 0 aliphatic rings. The summed E-state index contributed by atoms with van der Waals surface area (Å²) in [6.07, 6.45) is 2.47. The van der Waals surface area contributed by atoms with Gasteiger partial charge in [-0.3, -0.25) is 9.59 Å². The average Bonchev–Trinajstić information content (AvgIpc) is 2.81. The number of hydrazone groups is 1. The molecule has 7 heteroatoms. The van der Waals surface area contributed by atoms with Crippen LogP contribution in [0.3, 0.4) is 0 Å². The average molecular weight is 466 g/mol. The molecule has 1 unspecified atom stereocenters. The maximum atomic E-state index is 12.8. The maximum Gasteiger partial charge on any atom is 0.262 e. The van der Waals surface area contributed by atoms with Gasteiger partial charge in [-0.1, -0.05) is 62.7 Å². The molecule has 0 saturated carbocycles. The predicted octanol–water partition coefficient (Wildman–Crippen LogP) is 5.19. The van der Waals surface area contributed by atoms with Crippen molar-refractivity contribution in [3.05, 3.63) is 76.8 Å². The summed E-state index contributed by atoms with van der Waals surface area (Å²) >= 11 is 5.89. The summed E-state index contributed by atoms with van der Waals surface area (Å²) in [6.45, 7) is 6.34. The van der Waals surface area contributed by atoms with Gasteiger partial charge < -0.3 is 10.1 Å². The lowest BCUT2D eigenvalue weighted by molar-refractivity contribution is -0.123. The van der Waals surface area contributed by atoms with Crippen LogP contribution in [0.4, 0.5) is 0 Å². The highest BCUT2D eigenvalue weighted by Gasteiger charge is 2.24. The molecule has 0 fully saturated rings. The summed E-state index contributed by atoms with van der Waals surface area (Å²) in [5, 5.41) is 9.51. The van der Waals surface area contributed by atoms with E-state index >= 15 is 0 Å². The molecule has 2 amide bonds. The van der Waals surface area contributed by atoms with Crippen LogP contribution < -0.4 is 15.5 Å². The van der Waals surface area contributed by atoms with Crippen molar-refractivity contribution in [3.63, 3.8) is 0 Å². The fourth-order valence-corrected chi connectivity index (χ4v) is 3.46. The standard InChI is InChI=1S/C26H28ClN3O3/c1-4-15-33-23-14-11-18-7-5-6-8-21(18)22(23)16-28-30-26(32)24(17(2)3)29-25(31)19-9-12-20(27)13-10-19/h5-14,16-17,24H,4,15H2,1-3H3,(H,29,31)(H,30,32). The van der Waals surface area contributed by atoms with Crippen molar-refractivity contribution in [3.8, 4) is 5.75 Å². The molecule has 1 atom stereocenters. The Balaban J connectivity index is 1.76. The third-order valence-electron chi connectivity index (χ3n) is 5.10. The number of hydrogen-bond donors (Lipinski definition) is 2. The SMILES string of the molecule is CCCOc1ccc2ccccc2c1C=NNC(=O)C(NC(=O)c1ccc(Cl)cc1)C(C)C. The van der Waals surface area contributed by atoms with Crippen LogP contribution in [0.5, 0.6) is 5.75 Å². The lowest BCUT2D eigenvalue weighted by Gasteiger charge is -2.20. The molecule has 172 valence electrons. The molecular formula is C26H28ClN3O3. The van der Waals surface area contributed by atoms with Crippen molar-refractivity contribution in [2.45, 2.75) is 33.2 Å². The molecule has 0 aromatic heterocycles. The molecule has 33 heavy (non-hydrogen) atoms. The van der Waals surface area contributed by atoms with E-state index in [1.165, 1.54) is 0 Å². The van der Waals surface area contributed by atoms with Crippen LogP contribution in [-0.4, -0.2) is 30.7 Å². The van der Waals surface area contributed by atoms with Crippen LogP contribution in [-0.2, 0) is 4.79 Å². The summed E-state index contributed by atoms with van der Waals surface area (Å²) in [7, 11) is 0. The van der Waals surface area contributed by atoms with Gasteiger partial charge >= 0.3 is 0 Å². The number of fused-ring (bicyclic) bond motifs is 1. The van der Waals surface area contributed by atoms with E-state index in [1.54, 1.807) is 30.5 Å². The van der Waals surface area contributed by atoms with Crippen molar-refractivity contribution in [1.82, 2.24) is 10.7 Å². The highest BCUT2D eigenvalue weighted by Crippen LogP contribution is 2.26. The van der Waals surface area contributed by atoms with E-state index in [-0.39, 0.29) is 11.8 Å². The maximum absolute atomic E-state index is 12.8. The molecule has 0 aliphatic carbocycles. The van der Waals surface area contributed by atoms with E-state index in [1.807, 2.05) is 57.2 Å². The molecule has 0 heterocycles. The third-order valence-corrected chi connectivity index (χ3v) is 5.35. The van der Waals surface area contributed by atoms with Crippen molar-refractivity contribution >= 4 is 40.4 Å². The number of amides is 2. The van der Waals surface area contributed by atoms with Gasteiger partial charge in [0.05, 0.1) is 12.8 Å². The molecule has 3 aromatic rings. The number of carbonyl (C=O) groups is 2. The molecule has 0 aliphatic heterocycles. The minimum Gasteiger partial charge on any atom is -0.493 e. The molecule has 0 radical (unpaired) electrons. The first-order valence-corrected chi connectivity index (χ1v) is 11.3. The number of hydrogen-bond acceptors (Lipinski definition) is 4. The molecule has 3 rings (SSSR count). The number of nitrogens with one attached hydrogen (secondary N) is 2. The number of ether oxygens (including phenoxy) is 1. The number of rotatable bonds is 9. The van der Waals surface area contributed by atoms with Crippen molar-refractivity contribution in [2.75, 3.05) is 6.61 Å². The minimum atomic E-state index is -0.756. The second kappa shape index (κ2) is 11.5. The van der Waals surface area contributed by atoms with Gasteiger partial charge in [0.25, 0.3) is 11.8 Å². The Morgan fingerprint density at radius 3 is 2.48 bits per heavy atom. The van der Waals surface area contributed by atoms with Crippen LogP contribution in [0.25, 0.3) is 10.8 Å². The van der Waals surface area contributed by atoms with Crippen molar-refractivity contribution < 1.29 is 14.3 Å². The molecule has 2 N–H and O–H groups in total. The van der Waals surface area contributed by atoms with Crippen molar-refractivity contribution in [2.24, 2.45) is 11.0 Å². The lowest BCUT2D eigenvalue weighted by atomic mass is 10.0. The zero-order valence-corrected chi connectivity index (χ0v) is 19.7. The fourth-order valence-electron chi connectivity index (χ4n) is 3.34. The second-order valence-electron chi connectivity index (χ2n) is 7.98. The van der Waals surface area contributed by atoms with Gasteiger partial charge in [0.1, 0.15) is 11.8 Å². The molecular weight excluding hydrogens is 438 g/mol. The Hall–Kier alpha value is -3.38. The number of nitrogens with zero attached hydrogens (tertiary/aromatic N) is 1. The van der Waals surface area contributed by atoms with Gasteiger partial charge in [0.15, 0.2) is 0 Å². The van der Waals surface area contributed by atoms with Gasteiger partial charge in [0, 0.05) is 16.1 Å². The largest absolute Gasteiger partial charge is 0.493 e. The van der Waals surface area contributed by atoms with E-state index in [9.17, 15) is 9.59 Å². The highest BCUT2D eigenvalue weighted by molar-refractivity contribution is 6.30. The van der Waals surface area contributed by atoms with Crippen LogP contribution in [0.1, 0.15) is 43.1 Å². The first kappa shape index (κ1) is 24.3. The Kier molecular flexibility index (Phi) is 8.44. The third kappa shape index (κ3) is 6.33. The summed E-state index contributed by atoms with van der Waals surface area (Å²) in [4.78, 5) is 25.4. The van der Waals surface area contributed by atoms with Crippen LogP contribution in [0.2, 0.25) is 5.02 Å². The number of halogens is 1. The Bertz CT molecular complexity index is 1140. The number of carbonyl (C=O) groups excluding carboxylic acids is 2. The smallest absolute Gasteiger partial charge is 0.262 e. The topological polar surface area (TPSA) is 79.8 Å². The summed E-state index contributed by atoms with van der Waals surface area (Å²) in [6, 6.07) is 17.6. The van der Waals surface area contributed by atoms with Gasteiger partial charge in [-0.05, 0) is 53.4 Å². The molecule has 0 saturated heterocycles. The summed E-state index contributed by atoms with van der Waals surface area (Å²) < 4.78 is 5.88.